The van der Waals surface area contributed by atoms with Gasteiger partial charge in [0.05, 0.1) is 11.1 Å². The van der Waals surface area contributed by atoms with Crippen molar-refractivity contribution < 1.29 is 4.79 Å². The fourth-order valence-electron chi connectivity index (χ4n) is 2.39. The van der Waals surface area contributed by atoms with E-state index in [9.17, 15) is 4.79 Å². The second-order valence-corrected chi connectivity index (χ2v) is 4.79. The minimum absolute atomic E-state index is 0.0485. The molecular weight excluding hydrogens is 228 g/mol. The van der Waals surface area contributed by atoms with Crippen molar-refractivity contribution >= 4 is 11.6 Å². The highest BCUT2D eigenvalue weighted by Crippen LogP contribution is 2.34. The van der Waals surface area contributed by atoms with E-state index in [0.29, 0.717) is 12.2 Å². The lowest BCUT2D eigenvalue weighted by atomic mass is 9.89. The van der Waals surface area contributed by atoms with Gasteiger partial charge in [-0.1, -0.05) is 0 Å². The Bertz CT molecular complexity index is 508. The van der Waals surface area contributed by atoms with Crippen LogP contribution < -0.4 is 10.2 Å². The number of pyridine rings is 1. The summed E-state index contributed by atoms with van der Waals surface area (Å²) in [4.78, 5) is 18.0. The molecule has 0 aromatic carbocycles. The lowest BCUT2D eigenvalue weighted by molar-refractivity contribution is -0.128. The Kier molecular flexibility index (Phi) is 3.19. The summed E-state index contributed by atoms with van der Waals surface area (Å²) in [5.74, 6) is 0.0485. The van der Waals surface area contributed by atoms with Gasteiger partial charge < -0.3 is 10.2 Å². The van der Waals surface area contributed by atoms with Crippen molar-refractivity contribution in [3.8, 4) is 6.07 Å². The van der Waals surface area contributed by atoms with Gasteiger partial charge in [-0.3, -0.25) is 4.79 Å². The molecule has 5 nitrogen and oxygen atoms in total. The van der Waals surface area contributed by atoms with E-state index in [2.05, 4.69) is 21.3 Å². The number of hydrogen-bond acceptors (Lipinski definition) is 4. The zero-order valence-electron chi connectivity index (χ0n) is 10.6. The number of anilines is 1. The summed E-state index contributed by atoms with van der Waals surface area (Å²) in [6.45, 7) is 3.34. The maximum atomic E-state index is 11.8. The predicted octanol–water partition coefficient (Wildman–Crippen LogP) is 0.916. The van der Waals surface area contributed by atoms with Crippen molar-refractivity contribution in [3.05, 3.63) is 24.0 Å². The molecule has 1 N–H and O–H groups in total. The molecule has 1 fully saturated rings. The molecule has 18 heavy (non-hydrogen) atoms. The lowest BCUT2D eigenvalue weighted by Gasteiger charge is -2.24. The smallest absolute Gasteiger partial charge is 0.227 e. The highest BCUT2D eigenvalue weighted by Gasteiger charge is 2.40. The van der Waals surface area contributed by atoms with Crippen molar-refractivity contribution in [2.24, 2.45) is 5.41 Å². The molecule has 0 bridgehead atoms. The summed E-state index contributed by atoms with van der Waals surface area (Å²) in [6, 6.07) is 5.78. The van der Waals surface area contributed by atoms with Crippen LogP contribution in [0.25, 0.3) is 0 Å². The van der Waals surface area contributed by atoms with Crippen LogP contribution in [-0.4, -0.2) is 31.0 Å². The van der Waals surface area contributed by atoms with Crippen LogP contribution in [0.5, 0.6) is 0 Å². The van der Waals surface area contributed by atoms with E-state index < -0.39 is 5.41 Å². The monoisotopic (exact) mass is 244 g/mol. The van der Waals surface area contributed by atoms with E-state index in [-0.39, 0.29) is 5.91 Å². The molecule has 1 unspecified atom stereocenters. The van der Waals surface area contributed by atoms with Gasteiger partial charge in [0.1, 0.15) is 6.07 Å². The molecule has 1 aliphatic heterocycles. The molecule has 1 amide bonds. The van der Waals surface area contributed by atoms with E-state index in [1.165, 1.54) is 0 Å². The van der Waals surface area contributed by atoms with Crippen LogP contribution in [0.3, 0.4) is 0 Å². The maximum Gasteiger partial charge on any atom is 0.227 e. The average molecular weight is 244 g/mol. The molecule has 0 radical (unpaired) electrons. The Balaban J connectivity index is 2.24. The molecule has 0 aliphatic carbocycles. The van der Waals surface area contributed by atoms with E-state index in [4.69, 9.17) is 5.26 Å². The molecule has 94 valence electrons. The summed E-state index contributed by atoms with van der Waals surface area (Å²) >= 11 is 0. The number of nitrogens with zero attached hydrogens (tertiary/aromatic N) is 3. The van der Waals surface area contributed by atoms with Gasteiger partial charge in [-0.15, -0.1) is 0 Å². The van der Waals surface area contributed by atoms with Crippen molar-refractivity contribution in [1.29, 1.82) is 5.26 Å². The van der Waals surface area contributed by atoms with Gasteiger partial charge in [0.25, 0.3) is 0 Å². The van der Waals surface area contributed by atoms with E-state index >= 15 is 0 Å². The van der Waals surface area contributed by atoms with E-state index in [1.807, 2.05) is 19.1 Å². The number of aromatic nitrogens is 1. The Morgan fingerprint density at radius 3 is 3.11 bits per heavy atom. The van der Waals surface area contributed by atoms with Gasteiger partial charge in [0.15, 0.2) is 5.69 Å². The normalized spacial score (nSPS) is 22.6. The lowest BCUT2D eigenvalue weighted by Crippen LogP contribution is -2.39. The minimum Gasteiger partial charge on any atom is -0.368 e. The van der Waals surface area contributed by atoms with Crippen LogP contribution in [0.4, 0.5) is 5.69 Å². The fourth-order valence-corrected chi connectivity index (χ4v) is 2.39. The van der Waals surface area contributed by atoms with Crippen LogP contribution in [0, 0.1) is 16.7 Å². The second kappa shape index (κ2) is 4.65. The molecule has 1 aliphatic rings. The summed E-state index contributed by atoms with van der Waals surface area (Å²) in [7, 11) is 1.65. The first-order valence-electron chi connectivity index (χ1n) is 5.93. The molecule has 1 aromatic rings. The summed E-state index contributed by atoms with van der Waals surface area (Å²) in [5, 5.41) is 11.7. The highest BCUT2D eigenvalue weighted by atomic mass is 16.2. The topological polar surface area (TPSA) is 69.0 Å². The highest BCUT2D eigenvalue weighted by molar-refractivity contribution is 5.83. The van der Waals surface area contributed by atoms with Crippen LogP contribution in [0.1, 0.15) is 19.0 Å². The molecular formula is C13H16N4O. The Hall–Kier alpha value is -2.09. The summed E-state index contributed by atoms with van der Waals surface area (Å²) in [5.41, 5.74) is 0.836. The largest absolute Gasteiger partial charge is 0.368 e. The van der Waals surface area contributed by atoms with Crippen molar-refractivity contribution in [2.45, 2.75) is 13.3 Å². The number of hydrogen-bond donors (Lipinski definition) is 1. The van der Waals surface area contributed by atoms with E-state index in [0.717, 1.165) is 18.7 Å². The summed E-state index contributed by atoms with van der Waals surface area (Å²) in [6.07, 6.45) is 2.39. The van der Waals surface area contributed by atoms with Gasteiger partial charge in [0.2, 0.25) is 5.91 Å². The Labute approximate surface area is 106 Å². The minimum atomic E-state index is -0.392. The number of carbonyl (C=O) groups excluding carboxylic acids is 1. The Morgan fingerprint density at radius 1 is 1.67 bits per heavy atom. The molecule has 1 saturated heterocycles. The van der Waals surface area contributed by atoms with Crippen LogP contribution in [0.2, 0.25) is 0 Å². The second-order valence-electron chi connectivity index (χ2n) is 4.79. The Morgan fingerprint density at radius 2 is 2.44 bits per heavy atom. The molecule has 2 rings (SSSR count). The number of amides is 1. The number of nitrogens with one attached hydrogen (secondary N) is 1. The molecule has 2 heterocycles. The van der Waals surface area contributed by atoms with Crippen LogP contribution >= 0.6 is 0 Å². The quantitative estimate of drug-likeness (QED) is 0.839. The molecule has 0 saturated carbocycles. The molecule has 5 heteroatoms. The first-order valence-corrected chi connectivity index (χ1v) is 5.93. The maximum absolute atomic E-state index is 11.8. The summed E-state index contributed by atoms with van der Waals surface area (Å²) < 4.78 is 0. The van der Waals surface area contributed by atoms with Crippen molar-refractivity contribution in [3.63, 3.8) is 0 Å². The third-order valence-corrected chi connectivity index (χ3v) is 3.48. The van der Waals surface area contributed by atoms with Crippen molar-refractivity contribution in [2.75, 3.05) is 25.0 Å². The predicted molar refractivity (Wildman–Crippen MR) is 68.0 cm³/mol. The SMILES string of the molecule is CNC(=O)C1(C)CCN(c2cccnc2C#N)C1. The van der Waals surface area contributed by atoms with Crippen LogP contribution in [0.15, 0.2) is 18.3 Å². The van der Waals surface area contributed by atoms with Gasteiger partial charge in [-0.25, -0.2) is 4.98 Å². The first-order chi connectivity index (χ1) is 8.60. The zero-order valence-corrected chi connectivity index (χ0v) is 10.6. The molecule has 0 spiro atoms. The number of nitriles is 1. The van der Waals surface area contributed by atoms with Gasteiger partial charge in [-0.2, -0.15) is 5.26 Å². The molecule has 1 atom stereocenters. The van der Waals surface area contributed by atoms with Gasteiger partial charge >= 0.3 is 0 Å². The zero-order chi connectivity index (χ0) is 13.2. The van der Waals surface area contributed by atoms with E-state index in [1.54, 1.807) is 13.2 Å². The molecule has 1 aromatic heterocycles. The first kappa shape index (κ1) is 12.4. The standard InChI is InChI=1S/C13H16N4O/c1-13(12(18)15-2)5-7-17(9-13)11-4-3-6-16-10(11)8-14/h3-4,6H,5,7,9H2,1-2H3,(H,15,18). The number of rotatable bonds is 2. The van der Waals surface area contributed by atoms with Crippen LogP contribution in [-0.2, 0) is 4.79 Å². The van der Waals surface area contributed by atoms with Gasteiger partial charge in [0, 0.05) is 26.3 Å². The third-order valence-electron chi connectivity index (χ3n) is 3.48. The average Bonchev–Trinajstić information content (AvgIpc) is 2.81. The third kappa shape index (κ3) is 2.02. The fraction of sp³-hybridized carbons (Fsp3) is 0.462. The number of carbonyl (C=O) groups is 1. The van der Waals surface area contributed by atoms with Crippen molar-refractivity contribution in [1.82, 2.24) is 10.3 Å². The van der Waals surface area contributed by atoms with Gasteiger partial charge in [-0.05, 0) is 25.5 Å².